The minimum absolute atomic E-state index is 0.319. The summed E-state index contributed by atoms with van der Waals surface area (Å²) in [5.74, 6) is 3.12. The van der Waals surface area contributed by atoms with E-state index in [0.717, 1.165) is 17.8 Å². The maximum Gasteiger partial charge on any atom is 0.0904 e. The lowest BCUT2D eigenvalue weighted by Crippen LogP contribution is -2.17. The lowest BCUT2D eigenvalue weighted by Gasteiger charge is -2.27. The van der Waals surface area contributed by atoms with Gasteiger partial charge in [-0.05, 0) is 41.0 Å². The monoisotopic (exact) mass is 286 g/mol. The summed E-state index contributed by atoms with van der Waals surface area (Å²) in [6.07, 6.45) is 13.3. The standard InChI is InChI=1S/C18H35FO/c1-15(2)6-4-7-16(3)8-5-9-17-10-12-18(13-11-17)14-20-19/h15-18H,4-14H2,1-3H3. The van der Waals surface area contributed by atoms with E-state index in [1.807, 2.05) is 0 Å². The van der Waals surface area contributed by atoms with Crippen LogP contribution in [0.5, 0.6) is 0 Å². The fraction of sp³-hybridized carbons (Fsp3) is 1.00. The van der Waals surface area contributed by atoms with Crippen molar-refractivity contribution in [2.24, 2.45) is 23.7 Å². The third kappa shape index (κ3) is 8.24. The lowest BCUT2D eigenvalue weighted by molar-refractivity contribution is -0.148. The summed E-state index contributed by atoms with van der Waals surface area (Å²) < 4.78 is 11.8. The van der Waals surface area contributed by atoms with Crippen LogP contribution < -0.4 is 0 Å². The van der Waals surface area contributed by atoms with Gasteiger partial charge >= 0.3 is 0 Å². The van der Waals surface area contributed by atoms with Gasteiger partial charge in [-0.15, -0.1) is 0 Å². The van der Waals surface area contributed by atoms with Crippen LogP contribution in [0.2, 0.25) is 0 Å². The molecule has 0 bridgehead atoms. The first kappa shape index (κ1) is 17.9. The summed E-state index contributed by atoms with van der Waals surface area (Å²) in [6.45, 7) is 7.36. The Morgan fingerprint density at radius 2 is 1.50 bits per heavy atom. The van der Waals surface area contributed by atoms with Crippen molar-refractivity contribution in [1.82, 2.24) is 0 Å². The van der Waals surface area contributed by atoms with Crippen LogP contribution in [0.25, 0.3) is 0 Å². The van der Waals surface area contributed by atoms with Crippen LogP contribution in [0, 0.1) is 23.7 Å². The number of hydrogen-bond donors (Lipinski definition) is 0. The maximum absolute atomic E-state index is 11.8. The van der Waals surface area contributed by atoms with Gasteiger partial charge in [-0.2, -0.15) is 4.94 Å². The quantitative estimate of drug-likeness (QED) is 0.456. The molecule has 1 saturated carbocycles. The molecular weight excluding hydrogens is 251 g/mol. The zero-order valence-electron chi connectivity index (χ0n) is 13.9. The Balaban J connectivity index is 1.98. The van der Waals surface area contributed by atoms with Crippen LogP contribution in [-0.2, 0) is 4.94 Å². The zero-order chi connectivity index (χ0) is 14.8. The Hall–Kier alpha value is -0.110. The minimum Gasteiger partial charge on any atom is -0.194 e. The van der Waals surface area contributed by atoms with Crippen LogP contribution in [0.1, 0.15) is 85.0 Å². The molecule has 0 heterocycles. The highest BCUT2D eigenvalue weighted by molar-refractivity contribution is 4.72. The summed E-state index contributed by atoms with van der Waals surface area (Å²) in [5, 5.41) is 0. The average molecular weight is 286 g/mol. The predicted octanol–water partition coefficient (Wildman–Crippen LogP) is 6.33. The summed E-state index contributed by atoms with van der Waals surface area (Å²) in [7, 11) is 0. The van der Waals surface area contributed by atoms with E-state index in [4.69, 9.17) is 0 Å². The van der Waals surface area contributed by atoms with Crippen LogP contribution in [0.4, 0.5) is 4.53 Å². The van der Waals surface area contributed by atoms with Gasteiger partial charge in [0.2, 0.25) is 0 Å². The molecule has 0 saturated heterocycles. The van der Waals surface area contributed by atoms with E-state index in [-0.39, 0.29) is 0 Å². The highest BCUT2D eigenvalue weighted by atomic mass is 19.3. The van der Waals surface area contributed by atoms with E-state index in [1.54, 1.807) is 0 Å². The second-order valence-electron chi connectivity index (χ2n) is 7.52. The summed E-state index contributed by atoms with van der Waals surface area (Å²) >= 11 is 0. The summed E-state index contributed by atoms with van der Waals surface area (Å²) in [6, 6.07) is 0. The molecule has 2 heteroatoms. The molecule has 1 atom stereocenters. The van der Waals surface area contributed by atoms with Crippen molar-refractivity contribution in [2.75, 3.05) is 6.61 Å². The molecular formula is C18H35FO. The largest absolute Gasteiger partial charge is 0.194 e. The van der Waals surface area contributed by atoms with E-state index in [1.165, 1.54) is 64.2 Å². The number of halogens is 1. The molecule has 1 rings (SSSR count). The topological polar surface area (TPSA) is 9.23 Å². The van der Waals surface area contributed by atoms with Crippen LogP contribution in [0.15, 0.2) is 0 Å². The first-order valence-corrected chi connectivity index (χ1v) is 8.85. The molecule has 0 aromatic heterocycles. The fourth-order valence-electron chi connectivity index (χ4n) is 3.55. The highest BCUT2D eigenvalue weighted by Gasteiger charge is 2.21. The second kappa shape index (κ2) is 10.6. The molecule has 0 aromatic carbocycles. The lowest BCUT2D eigenvalue weighted by atomic mass is 9.79. The van der Waals surface area contributed by atoms with Gasteiger partial charge in [0.15, 0.2) is 0 Å². The fourth-order valence-corrected chi connectivity index (χ4v) is 3.55. The summed E-state index contributed by atoms with van der Waals surface area (Å²) in [5.41, 5.74) is 0. The Labute approximate surface area is 125 Å². The van der Waals surface area contributed by atoms with Crippen LogP contribution in [-0.4, -0.2) is 6.61 Å². The van der Waals surface area contributed by atoms with Gasteiger partial charge in [-0.3, -0.25) is 0 Å². The molecule has 0 aliphatic heterocycles. The number of rotatable bonds is 10. The van der Waals surface area contributed by atoms with Crippen LogP contribution in [0.3, 0.4) is 0 Å². The molecule has 0 N–H and O–H groups in total. The molecule has 0 amide bonds. The van der Waals surface area contributed by atoms with Crippen molar-refractivity contribution in [3.8, 4) is 0 Å². The molecule has 120 valence electrons. The Morgan fingerprint density at radius 3 is 2.10 bits per heavy atom. The Kier molecular flexibility index (Phi) is 9.50. The Bertz CT molecular complexity index is 221. The zero-order valence-corrected chi connectivity index (χ0v) is 13.9. The van der Waals surface area contributed by atoms with Crippen molar-refractivity contribution in [1.29, 1.82) is 0 Å². The van der Waals surface area contributed by atoms with Gasteiger partial charge in [0.05, 0.1) is 6.61 Å². The van der Waals surface area contributed by atoms with Gasteiger partial charge in [0.1, 0.15) is 0 Å². The second-order valence-corrected chi connectivity index (χ2v) is 7.52. The first-order chi connectivity index (χ1) is 9.61. The van der Waals surface area contributed by atoms with Crippen molar-refractivity contribution in [3.05, 3.63) is 0 Å². The third-order valence-corrected chi connectivity index (χ3v) is 5.05. The maximum atomic E-state index is 11.8. The molecule has 20 heavy (non-hydrogen) atoms. The Morgan fingerprint density at radius 1 is 0.900 bits per heavy atom. The average Bonchev–Trinajstić information content (AvgIpc) is 2.40. The normalized spacial score (nSPS) is 25.1. The van der Waals surface area contributed by atoms with Crippen molar-refractivity contribution in [3.63, 3.8) is 0 Å². The predicted molar refractivity (Wildman–Crippen MR) is 84.2 cm³/mol. The van der Waals surface area contributed by atoms with Crippen molar-refractivity contribution < 1.29 is 9.47 Å². The smallest absolute Gasteiger partial charge is 0.0904 e. The van der Waals surface area contributed by atoms with E-state index < -0.39 is 0 Å². The van der Waals surface area contributed by atoms with E-state index in [9.17, 15) is 4.53 Å². The van der Waals surface area contributed by atoms with Crippen molar-refractivity contribution >= 4 is 0 Å². The van der Waals surface area contributed by atoms with Crippen LogP contribution >= 0.6 is 0 Å². The van der Waals surface area contributed by atoms with Crippen molar-refractivity contribution in [2.45, 2.75) is 85.0 Å². The molecule has 0 spiro atoms. The van der Waals surface area contributed by atoms with Gasteiger partial charge in [-0.25, -0.2) is 0 Å². The molecule has 0 radical (unpaired) electrons. The molecule has 0 aromatic rings. The van der Waals surface area contributed by atoms with Gasteiger partial charge in [-0.1, -0.05) is 72.1 Å². The molecule has 1 fully saturated rings. The molecule has 1 unspecified atom stereocenters. The highest BCUT2D eigenvalue weighted by Crippen LogP contribution is 2.32. The third-order valence-electron chi connectivity index (χ3n) is 5.05. The van der Waals surface area contributed by atoms with Gasteiger partial charge in [0.25, 0.3) is 0 Å². The molecule has 1 aliphatic carbocycles. The first-order valence-electron chi connectivity index (χ1n) is 8.85. The SMILES string of the molecule is CC(C)CCCC(C)CCCC1CCC(COF)CC1. The van der Waals surface area contributed by atoms with E-state index in [0.29, 0.717) is 12.5 Å². The van der Waals surface area contributed by atoms with Gasteiger partial charge < -0.3 is 0 Å². The van der Waals surface area contributed by atoms with Gasteiger partial charge in [0, 0.05) is 0 Å². The molecule has 1 nitrogen and oxygen atoms in total. The van der Waals surface area contributed by atoms with E-state index >= 15 is 0 Å². The number of hydrogen-bond acceptors (Lipinski definition) is 1. The molecule has 1 aliphatic rings. The summed E-state index contributed by atoms with van der Waals surface area (Å²) in [4.78, 5) is 3.78. The van der Waals surface area contributed by atoms with E-state index in [2.05, 4.69) is 25.7 Å². The minimum atomic E-state index is 0.319.